The van der Waals surface area contributed by atoms with Crippen molar-refractivity contribution in [1.82, 2.24) is 20.0 Å². The van der Waals surface area contributed by atoms with Crippen molar-refractivity contribution in [3.05, 3.63) is 83.7 Å². The van der Waals surface area contributed by atoms with Crippen molar-refractivity contribution in [2.24, 2.45) is 0 Å². The fourth-order valence-electron chi connectivity index (χ4n) is 3.94. The summed E-state index contributed by atoms with van der Waals surface area (Å²) in [4.78, 5) is 29.5. The average molecular weight is 448 g/mol. The molecule has 1 atom stereocenters. The molecule has 33 heavy (non-hydrogen) atoms. The van der Waals surface area contributed by atoms with Crippen LogP contribution in [-0.4, -0.2) is 40.0 Å². The van der Waals surface area contributed by atoms with E-state index < -0.39 is 17.6 Å². The molecule has 0 spiro atoms. The van der Waals surface area contributed by atoms with Gasteiger partial charge in [0.05, 0.1) is 30.7 Å². The third-order valence-corrected chi connectivity index (χ3v) is 5.59. The molecule has 3 aromatic rings. The summed E-state index contributed by atoms with van der Waals surface area (Å²) in [6.07, 6.45) is 7.82. The molecule has 1 saturated heterocycles. The smallest absolute Gasteiger partial charge is 0.262 e. The third-order valence-electron chi connectivity index (χ3n) is 5.59. The SMILES string of the molecule is COc1cc(C=CC(=O)NN2CCCC(c3ccccc3F)C2=O)ccc1-n1cnc(C)c1. The van der Waals surface area contributed by atoms with Gasteiger partial charge >= 0.3 is 0 Å². The van der Waals surface area contributed by atoms with Crippen LogP contribution in [0.15, 0.2) is 61.1 Å². The Morgan fingerprint density at radius 3 is 2.82 bits per heavy atom. The zero-order chi connectivity index (χ0) is 23.4. The van der Waals surface area contributed by atoms with Crippen molar-refractivity contribution >= 4 is 17.9 Å². The second kappa shape index (κ2) is 9.68. The lowest BCUT2D eigenvalue weighted by Crippen LogP contribution is -2.50. The highest BCUT2D eigenvalue weighted by Gasteiger charge is 2.32. The number of nitrogens with one attached hydrogen (secondary N) is 1. The highest BCUT2D eigenvalue weighted by molar-refractivity contribution is 5.94. The van der Waals surface area contributed by atoms with E-state index in [4.69, 9.17) is 4.74 Å². The number of imidazole rings is 1. The summed E-state index contributed by atoms with van der Waals surface area (Å²) < 4.78 is 21.5. The summed E-state index contributed by atoms with van der Waals surface area (Å²) in [5.41, 5.74) is 5.46. The predicted octanol–water partition coefficient (Wildman–Crippen LogP) is 3.78. The minimum Gasteiger partial charge on any atom is -0.495 e. The Bertz CT molecular complexity index is 1200. The summed E-state index contributed by atoms with van der Waals surface area (Å²) in [7, 11) is 1.58. The van der Waals surface area contributed by atoms with Crippen molar-refractivity contribution < 1.29 is 18.7 Å². The minimum absolute atomic E-state index is 0.310. The maximum atomic E-state index is 14.2. The Morgan fingerprint density at radius 1 is 1.27 bits per heavy atom. The summed E-state index contributed by atoms with van der Waals surface area (Å²) >= 11 is 0. The van der Waals surface area contributed by atoms with Gasteiger partial charge in [-0.05, 0) is 49.6 Å². The number of amides is 2. The van der Waals surface area contributed by atoms with Crippen LogP contribution in [0, 0.1) is 12.7 Å². The van der Waals surface area contributed by atoms with Crippen LogP contribution in [0.1, 0.15) is 35.6 Å². The molecule has 8 heteroatoms. The van der Waals surface area contributed by atoms with Gasteiger partial charge in [-0.2, -0.15) is 0 Å². The molecular weight excluding hydrogens is 423 g/mol. The Morgan fingerprint density at radius 2 is 2.09 bits per heavy atom. The molecule has 0 radical (unpaired) electrons. The molecule has 0 bridgehead atoms. The molecule has 0 saturated carbocycles. The number of aromatic nitrogens is 2. The number of hydrogen-bond acceptors (Lipinski definition) is 4. The molecule has 2 heterocycles. The van der Waals surface area contributed by atoms with E-state index in [1.54, 1.807) is 37.7 Å². The third kappa shape index (κ3) is 4.95. The molecular formula is C25H25FN4O3. The molecule has 1 aliphatic rings. The van der Waals surface area contributed by atoms with E-state index >= 15 is 0 Å². The number of rotatable bonds is 6. The van der Waals surface area contributed by atoms with Crippen LogP contribution in [0.2, 0.25) is 0 Å². The van der Waals surface area contributed by atoms with Gasteiger partial charge in [0.1, 0.15) is 11.6 Å². The molecule has 1 aromatic heterocycles. The summed E-state index contributed by atoms with van der Waals surface area (Å²) in [6.45, 7) is 2.29. The van der Waals surface area contributed by atoms with E-state index in [-0.39, 0.29) is 5.91 Å². The van der Waals surface area contributed by atoms with Crippen LogP contribution in [0.4, 0.5) is 4.39 Å². The van der Waals surface area contributed by atoms with Gasteiger partial charge in [0.15, 0.2) is 0 Å². The molecule has 1 unspecified atom stereocenters. The quantitative estimate of drug-likeness (QED) is 0.583. The molecule has 2 amide bonds. The standard InChI is InChI=1S/C25H25FN4O3/c1-17-15-29(16-27-17)22-11-9-18(14-23(22)33-2)10-12-24(31)28-30-13-5-7-20(25(30)32)19-6-3-4-8-21(19)26/h3-4,6,8-12,14-16,20H,5,7,13H2,1-2H3,(H,28,31). The fourth-order valence-corrected chi connectivity index (χ4v) is 3.94. The second-order valence-electron chi connectivity index (χ2n) is 7.87. The van der Waals surface area contributed by atoms with E-state index in [1.165, 1.54) is 17.2 Å². The first-order valence-corrected chi connectivity index (χ1v) is 10.7. The first-order valence-electron chi connectivity index (χ1n) is 10.7. The van der Waals surface area contributed by atoms with Crippen LogP contribution in [0.25, 0.3) is 11.8 Å². The fraction of sp³-hybridized carbons (Fsp3) is 0.240. The van der Waals surface area contributed by atoms with Gasteiger partial charge in [0.25, 0.3) is 5.91 Å². The molecule has 1 fully saturated rings. The van der Waals surface area contributed by atoms with Gasteiger partial charge in [0.2, 0.25) is 5.91 Å². The number of nitrogens with zero attached hydrogens (tertiary/aromatic N) is 3. The van der Waals surface area contributed by atoms with E-state index in [0.29, 0.717) is 30.7 Å². The van der Waals surface area contributed by atoms with Gasteiger partial charge in [0, 0.05) is 24.4 Å². The first-order chi connectivity index (χ1) is 16.0. The van der Waals surface area contributed by atoms with Gasteiger partial charge < -0.3 is 9.30 Å². The molecule has 7 nitrogen and oxygen atoms in total. The monoisotopic (exact) mass is 448 g/mol. The van der Waals surface area contributed by atoms with Crippen molar-refractivity contribution in [3.63, 3.8) is 0 Å². The van der Waals surface area contributed by atoms with Crippen LogP contribution >= 0.6 is 0 Å². The number of methoxy groups -OCH3 is 1. The second-order valence-corrected chi connectivity index (χ2v) is 7.87. The zero-order valence-corrected chi connectivity index (χ0v) is 18.5. The largest absolute Gasteiger partial charge is 0.495 e. The summed E-state index contributed by atoms with van der Waals surface area (Å²) in [6, 6.07) is 11.8. The zero-order valence-electron chi connectivity index (χ0n) is 18.5. The first kappa shape index (κ1) is 22.3. The number of halogens is 1. The maximum absolute atomic E-state index is 14.2. The number of hydrazine groups is 1. The highest BCUT2D eigenvalue weighted by atomic mass is 19.1. The number of carbonyl (C=O) groups excluding carboxylic acids is 2. The van der Waals surface area contributed by atoms with E-state index in [1.807, 2.05) is 35.9 Å². The van der Waals surface area contributed by atoms with Crippen molar-refractivity contribution in [1.29, 1.82) is 0 Å². The normalized spacial score (nSPS) is 16.3. The van der Waals surface area contributed by atoms with Crippen LogP contribution < -0.4 is 10.2 Å². The summed E-state index contributed by atoms with van der Waals surface area (Å²) in [5, 5.41) is 1.28. The lowest BCUT2D eigenvalue weighted by Gasteiger charge is -2.32. The topological polar surface area (TPSA) is 76.5 Å². The number of ether oxygens (including phenoxy) is 1. The molecule has 170 valence electrons. The highest BCUT2D eigenvalue weighted by Crippen LogP contribution is 2.29. The van der Waals surface area contributed by atoms with E-state index in [9.17, 15) is 14.0 Å². The molecule has 0 aliphatic carbocycles. The number of carbonyl (C=O) groups is 2. The van der Waals surface area contributed by atoms with Gasteiger partial charge in [-0.25, -0.2) is 9.37 Å². The van der Waals surface area contributed by atoms with Crippen LogP contribution in [0.5, 0.6) is 5.75 Å². The van der Waals surface area contributed by atoms with Crippen LogP contribution in [0.3, 0.4) is 0 Å². The maximum Gasteiger partial charge on any atom is 0.262 e. The van der Waals surface area contributed by atoms with Crippen molar-refractivity contribution in [3.8, 4) is 11.4 Å². The van der Waals surface area contributed by atoms with E-state index in [0.717, 1.165) is 16.9 Å². The molecule has 2 aromatic carbocycles. The number of benzene rings is 2. The minimum atomic E-state index is -0.604. The Hall–Kier alpha value is -3.94. The predicted molar refractivity (Wildman–Crippen MR) is 122 cm³/mol. The molecule has 4 rings (SSSR count). The lowest BCUT2D eigenvalue weighted by atomic mass is 9.90. The molecule has 1 aliphatic heterocycles. The number of aryl methyl sites for hydroxylation is 1. The Balaban J connectivity index is 1.43. The van der Waals surface area contributed by atoms with Crippen molar-refractivity contribution in [2.75, 3.05) is 13.7 Å². The van der Waals surface area contributed by atoms with Gasteiger partial charge in [-0.1, -0.05) is 24.3 Å². The number of piperidine rings is 1. The van der Waals surface area contributed by atoms with Crippen LogP contribution in [-0.2, 0) is 9.59 Å². The van der Waals surface area contributed by atoms with Gasteiger partial charge in [-0.15, -0.1) is 0 Å². The Labute approximate surface area is 191 Å². The molecule has 1 N–H and O–H groups in total. The average Bonchev–Trinajstić information content (AvgIpc) is 3.25. The van der Waals surface area contributed by atoms with E-state index in [2.05, 4.69) is 10.4 Å². The van der Waals surface area contributed by atoms with Crippen molar-refractivity contribution in [2.45, 2.75) is 25.7 Å². The lowest BCUT2D eigenvalue weighted by molar-refractivity contribution is -0.143. The Kier molecular flexibility index (Phi) is 6.53. The summed E-state index contributed by atoms with van der Waals surface area (Å²) in [5.74, 6) is -1.13. The number of hydrogen-bond donors (Lipinski definition) is 1. The van der Waals surface area contributed by atoms with Gasteiger partial charge in [-0.3, -0.25) is 20.0 Å².